The number of amides is 1. The second kappa shape index (κ2) is 7.24. The maximum atomic E-state index is 11.8. The van der Waals surface area contributed by atoms with Crippen molar-refractivity contribution in [3.63, 3.8) is 0 Å². The molecule has 20 heavy (non-hydrogen) atoms. The van der Waals surface area contributed by atoms with Crippen molar-refractivity contribution < 1.29 is 4.79 Å². The molecule has 0 unspecified atom stereocenters. The van der Waals surface area contributed by atoms with Crippen molar-refractivity contribution in [3.05, 3.63) is 18.3 Å². The van der Waals surface area contributed by atoms with E-state index < -0.39 is 5.41 Å². The summed E-state index contributed by atoms with van der Waals surface area (Å²) in [6.07, 6.45) is 2.75. The van der Waals surface area contributed by atoms with Gasteiger partial charge in [-0.1, -0.05) is 20.8 Å². The third kappa shape index (κ3) is 6.02. The summed E-state index contributed by atoms with van der Waals surface area (Å²) in [6, 6.07) is 3.75. The molecule has 0 aliphatic carbocycles. The van der Waals surface area contributed by atoms with Crippen molar-refractivity contribution in [1.82, 2.24) is 9.88 Å². The first-order valence-electron chi connectivity index (χ1n) is 6.95. The number of nitrogens with zero attached hydrogens (tertiary/aromatic N) is 2. The predicted molar refractivity (Wildman–Crippen MR) is 84.0 cm³/mol. The zero-order valence-electron chi connectivity index (χ0n) is 13.2. The van der Waals surface area contributed by atoms with E-state index >= 15 is 0 Å². The SMILES string of the molecule is CN(C)CCCNc1ccc(NC(=O)C(C)(C)C)cn1. The van der Waals surface area contributed by atoms with Crippen molar-refractivity contribution in [2.45, 2.75) is 27.2 Å². The minimum absolute atomic E-state index is 0.00834. The Balaban J connectivity index is 2.42. The number of anilines is 2. The summed E-state index contributed by atoms with van der Waals surface area (Å²) in [5, 5.41) is 6.12. The number of pyridine rings is 1. The lowest BCUT2D eigenvalue weighted by Gasteiger charge is -2.17. The molecule has 1 aromatic heterocycles. The van der Waals surface area contributed by atoms with Crippen molar-refractivity contribution in [3.8, 4) is 0 Å². The number of hydrogen-bond donors (Lipinski definition) is 2. The van der Waals surface area contributed by atoms with E-state index in [-0.39, 0.29) is 5.91 Å². The Morgan fingerprint density at radius 3 is 2.50 bits per heavy atom. The van der Waals surface area contributed by atoms with Crippen LogP contribution in [0.25, 0.3) is 0 Å². The van der Waals surface area contributed by atoms with Crippen LogP contribution in [0.3, 0.4) is 0 Å². The standard InChI is InChI=1S/C15H26N4O/c1-15(2,3)14(20)18-12-7-8-13(17-11-12)16-9-6-10-19(4)5/h7-8,11H,6,9-10H2,1-5H3,(H,16,17)(H,18,20). The maximum absolute atomic E-state index is 11.8. The normalized spacial score (nSPS) is 11.5. The molecule has 0 aliphatic rings. The fourth-order valence-corrected chi connectivity index (χ4v) is 1.50. The van der Waals surface area contributed by atoms with Crippen LogP contribution in [-0.4, -0.2) is 43.0 Å². The van der Waals surface area contributed by atoms with Gasteiger partial charge in [0.25, 0.3) is 0 Å². The predicted octanol–water partition coefficient (Wildman–Crippen LogP) is 2.43. The summed E-state index contributed by atoms with van der Waals surface area (Å²) < 4.78 is 0. The minimum atomic E-state index is -0.400. The summed E-state index contributed by atoms with van der Waals surface area (Å²) in [5.41, 5.74) is 0.326. The number of carbonyl (C=O) groups excluding carboxylic acids is 1. The van der Waals surface area contributed by atoms with Gasteiger partial charge in [-0.3, -0.25) is 4.79 Å². The molecule has 0 fully saturated rings. The molecule has 2 N–H and O–H groups in total. The molecule has 0 bridgehead atoms. The molecule has 5 nitrogen and oxygen atoms in total. The van der Waals surface area contributed by atoms with E-state index in [4.69, 9.17) is 0 Å². The molecular weight excluding hydrogens is 252 g/mol. The monoisotopic (exact) mass is 278 g/mol. The molecule has 112 valence electrons. The summed E-state index contributed by atoms with van der Waals surface area (Å²) in [7, 11) is 4.12. The second-order valence-electron chi connectivity index (χ2n) is 6.22. The van der Waals surface area contributed by atoms with E-state index in [1.165, 1.54) is 0 Å². The highest BCUT2D eigenvalue weighted by Gasteiger charge is 2.21. The molecule has 0 saturated carbocycles. The van der Waals surface area contributed by atoms with Gasteiger partial charge in [0.1, 0.15) is 5.82 Å². The minimum Gasteiger partial charge on any atom is -0.370 e. The van der Waals surface area contributed by atoms with E-state index in [9.17, 15) is 4.79 Å². The van der Waals surface area contributed by atoms with Crippen LogP contribution >= 0.6 is 0 Å². The van der Waals surface area contributed by atoms with E-state index in [0.717, 1.165) is 31.0 Å². The highest BCUT2D eigenvalue weighted by Crippen LogP contribution is 2.17. The van der Waals surface area contributed by atoms with Gasteiger partial charge < -0.3 is 15.5 Å². The van der Waals surface area contributed by atoms with Crippen LogP contribution in [0.4, 0.5) is 11.5 Å². The van der Waals surface area contributed by atoms with Gasteiger partial charge in [-0.15, -0.1) is 0 Å². The van der Waals surface area contributed by atoms with Crippen LogP contribution in [0.1, 0.15) is 27.2 Å². The van der Waals surface area contributed by atoms with Crippen LogP contribution in [0.15, 0.2) is 18.3 Å². The van der Waals surface area contributed by atoms with Crippen LogP contribution in [0.5, 0.6) is 0 Å². The molecule has 0 atom stereocenters. The van der Waals surface area contributed by atoms with E-state index in [1.54, 1.807) is 6.20 Å². The number of rotatable bonds is 6. The Labute approximate surface area is 121 Å². The molecule has 1 rings (SSSR count). The van der Waals surface area contributed by atoms with Gasteiger partial charge in [0, 0.05) is 12.0 Å². The molecule has 1 amide bonds. The van der Waals surface area contributed by atoms with Gasteiger partial charge in [-0.2, -0.15) is 0 Å². The smallest absolute Gasteiger partial charge is 0.229 e. The molecule has 1 aromatic rings. The van der Waals surface area contributed by atoms with E-state index in [0.29, 0.717) is 0 Å². The van der Waals surface area contributed by atoms with Crippen LogP contribution in [-0.2, 0) is 4.79 Å². The molecule has 0 saturated heterocycles. The van der Waals surface area contributed by atoms with Crippen molar-refractivity contribution in [2.24, 2.45) is 5.41 Å². The lowest BCUT2D eigenvalue weighted by Crippen LogP contribution is -2.27. The molecule has 0 spiro atoms. The molecular formula is C15H26N4O. The van der Waals surface area contributed by atoms with Gasteiger partial charge >= 0.3 is 0 Å². The Morgan fingerprint density at radius 1 is 1.30 bits per heavy atom. The van der Waals surface area contributed by atoms with Crippen molar-refractivity contribution in [1.29, 1.82) is 0 Å². The fraction of sp³-hybridized carbons (Fsp3) is 0.600. The molecule has 0 aromatic carbocycles. The van der Waals surface area contributed by atoms with Crippen LogP contribution in [0.2, 0.25) is 0 Å². The number of nitrogens with one attached hydrogen (secondary N) is 2. The van der Waals surface area contributed by atoms with Gasteiger partial charge in [0.15, 0.2) is 0 Å². The van der Waals surface area contributed by atoms with Crippen molar-refractivity contribution in [2.75, 3.05) is 37.8 Å². The first kappa shape index (κ1) is 16.4. The lowest BCUT2D eigenvalue weighted by atomic mass is 9.96. The van der Waals surface area contributed by atoms with Crippen LogP contribution < -0.4 is 10.6 Å². The zero-order valence-corrected chi connectivity index (χ0v) is 13.2. The largest absolute Gasteiger partial charge is 0.370 e. The Hall–Kier alpha value is -1.62. The average Bonchev–Trinajstić information content (AvgIpc) is 2.35. The highest BCUT2D eigenvalue weighted by molar-refractivity contribution is 5.94. The fourth-order valence-electron chi connectivity index (χ4n) is 1.50. The number of aromatic nitrogens is 1. The van der Waals surface area contributed by atoms with Gasteiger partial charge in [-0.25, -0.2) is 4.98 Å². The first-order chi connectivity index (χ1) is 9.29. The Bertz CT molecular complexity index is 420. The first-order valence-corrected chi connectivity index (χ1v) is 6.95. The van der Waals surface area contributed by atoms with E-state index in [2.05, 4.69) is 34.6 Å². The van der Waals surface area contributed by atoms with Gasteiger partial charge in [-0.05, 0) is 39.2 Å². The molecule has 0 aliphatic heterocycles. The molecule has 0 radical (unpaired) electrons. The number of hydrogen-bond acceptors (Lipinski definition) is 4. The summed E-state index contributed by atoms with van der Waals surface area (Å²) in [4.78, 5) is 18.3. The quantitative estimate of drug-likeness (QED) is 0.785. The Kier molecular flexibility index (Phi) is 5.95. The van der Waals surface area contributed by atoms with E-state index in [1.807, 2.05) is 32.9 Å². The molecule has 1 heterocycles. The maximum Gasteiger partial charge on any atom is 0.229 e. The van der Waals surface area contributed by atoms with Gasteiger partial charge in [0.2, 0.25) is 5.91 Å². The van der Waals surface area contributed by atoms with Crippen molar-refractivity contribution >= 4 is 17.4 Å². The zero-order chi connectivity index (χ0) is 15.2. The van der Waals surface area contributed by atoms with Gasteiger partial charge in [0.05, 0.1) is 11.9 Å². The van der Waals surface area contributed by atoms with Crippen LogP contribution in [0, 0.1) is 5.41 Å². The highest BCUT2D eigenvalue weighted by atomic mass is 16.2. The average molecular weight is 278 g/mol. The summed E-state index contributed by atoms with van der Waals surface area (Å²) in [5.74, 6) is 0.823. The Morgan fingerprint density at radius 2 is 2.00 bits per heavy atom. The number of carbonyl (C=O) groups is 1. The summed E-state index contributed by atoms with van der Waals surface area (Å²) >= 11 is 0. The topological polar surface area (TPSA) is 57.3 Å². The lowest BCUT2D eigenvalue weighted by molar-refractivity contribution is -0.123. The third-order valence-corrected chi connectivity index (χ3v) is 2.79. The summed E-state index contributed by atoms with van der Waals surface area (Å²) in [6.45, 7) is 7.59. The molecule has 5 heteroatoms. The second-order valence-corrected chi connectivity index (χ2v) is 6.22. The third-order valence-electron chi connectivity index (χ3n) is 2.79.